The van der Waals surface area contributed by atoms with Crippen LogP contribution in [0.25, 0.3) is 0 Å². The van der Waals surface area contributed by atoms with Gasteiger partial charge in [-0.1, -0.05) is 41.9 Å². The Balaban J connectivity index is 1.83. The van der Waals surface area contributed by atoms with Crippen LogP contribution in [0.4, 0.5) is 11.5 Å². The summed E-state index contributed by atoms with van der Waals surface area (Å²) >= 11 is 6.14. The molecule has 1 unspecified atom stereocenters. The highest BCUT2D eigenvalue weighted by Crippen LogP contribution is 2.28. The summed E-state index contributed by atoms with van der Waals surface area (Å²) in [7, 11) is 3.36. The molecule has 0 saturated heterocycles. The summed E-state index contributed by atoms with van der Waals surface area (Å²) in [6, 6.07) is 15.8. The lowest BCUT2D eigenvalue weighted by molar-refractivity contribution is -0.117. The third-order valence-electron chi connectivity index (χ3n) is 3.82. The molecular formula is C19H19ClN4O2. The van der Waals surface area contributed by atoms with Crippen LogP contribution in [0.2, 0.25) is 5.02 Å². The van der Waals surface area contributed by atoms with Crippen molar-refractivity contribution in [3.8, 4) is 5.75 Å². The van der Waals surface area contributed by atoms with Gasteiger partial charge in [0, 0.05) is 25.0 Å². The number of nitrogens with one attached hydrogen (secondary N) is 2. The lowest BCUT2D eigenvalue weighted by Gasteiger charge is -2.19. The van der Waals surface area contributed by atoms with Crippen LogP contribution in [0.3, 0.4) is 0 Å². The van der Waals surface area contributed by atoms with E-state index in [0.717, 1.165) is 5.56 Å². The number of carbonyl (C=O) groups excluding carboxylic acids is 1. The Bertz CT molecular complexity index is 896. The van der Waals surface area contributed by atoms with Gasteiger partial charge in [-0.3, -0.25) is 9.48 Å². The fourth-order valence-electron chi connectivity index (χ4n) is 2.54. The molecule has 0 fully saturated rings. The first-order chi connectivity index (χ1) is 12.6. The first-order valence-electron chi connectivity index (χ1n) is 8.02. The van der Waals surface area contributed by atoms with Crippen molar-refractivity contribution < 1.29 is 9.53 Å². The molecule has 0 aliphatic heterocycles. The lowest BCUT2D eigenvalue weighted by atomic mass is 10.1. The van der Waals surface area contributed by atoms with E-state index in [9.17, 15) is 4.79 Å². The normalized spacial score (nSPS) is 11.7. The van der Waals surface area contributed by atoms with Crippen molar-refractivity contribution in [3.63, 3.8) is 0 Å². The SMILES string of the molecule is COc1ccc(NC(=O)C(Nc2ccn(C)n2)c2ccccc2)cc1Cl. The number of aryl methyl sites for hydroxylation is 1. The molecule has 7 heteroatoms. The van der Waals surface area contributed by atoms with Crippen LogP contribution in [-0.4, -0.2) is 22.8 Å². The van der Waals surface area contributed by atoms with E-state index < -0.39 is 6.04 Å². The number of benzene rings is 2. The van der Waals surface area contributed by atoms with Crippen LogP contribution in [0.1, 0.15) is 11.6 Å². The number of hydrogen-bond acceptors (Lipinski definition) is 4. The average Bonchev–Trinajstić information content (AvgIpc) is 3.05. The summed E-state index contributed by atoms with van der Waals surface area (Å²) in [5.74, 6) is 0.947. The Morgan fingerprint density at radius 1 is 1.19 bits per heavy atom. The summed E-state index contributed by atoms with van der Waals surface area (Å²) in [6.07, 6.45) is 1.81. The van der Waals surface area contributed by atoms with Gasteiger partial charge in [0.25, 0.3) is 5.91 Å². The van der Waals surface area contributed by atoms with Gasteiger partial charge in [-0.2, -0.15) is 5.10 Å². The van der Waals surface area contributed by atoms with E-state index in [4.69, 9.17) is 16.3 Å². The molecule has 0 aliphatic carbocycles. The second-order valence-corrected chi connectivity index (χ2v) is 6.11. The van der Waals surface area contributed by atoms with E-state index in [2.05, 4.69) is 15.7 Å². The van der Waals surface area contributed by atoms with Gasteiger partial charge in [0.05, 0.1) is 12.1 Å². The molecule has 134 valence electrons. The number of amides is 1. The second-order valence-electron chi connectivity index (χ2n) is 5.70. The Kier molecular flexibility index (Phi) is 5.43. The Labute approximate surface area is 156 Å². The van der Waals surface area contributed by atoms with Gasteiger partial charge in [-0.25, -0.2) is 0 Å². The maximum Gasteiger partial charge on any atom is 0.251 e. The maximum atomic E-state index is 12.9. The number of halogens is 1. The number of ether oxygens (including phenoxy) is 1. The topological polar surface area (TPSA) is 68.2 Å². The molecule has 3 rings (SSSR count). The molecule has 26 heavy (non-hydrogen) atoms. The maximum absolute atomic E-state index is 12.9. The Hall–Kier alpha value is -2.99. The van der Waals surface area contributed by atoms with Gasteiger partial charge in [0.1, 0.15) is 17.6 Å². The molecule has 2 N–H and O–H groups in total. The van der Waals surface area contributed by atoms with Gasteiger partial charge in [0.2, 0.25) is 0 Å². The van der Waals surface area contributed by atoms with E-state index in [1.165, 1.54) is 0 Å². The predicted molar refractivity (Wildman–Crippen MR) is 103 cm³/mol. The van der Waals surface area contributed by atoms with E-state index in [1.807, 2.05) is 49.6 Å². The first kappa shape index (κ1) is 17.8. The molecule has 1 amide bonds. The molecule has 1 atom stereocenters. The van der Waals surface area contributed by atoms with Gasteiger partial charge >= 0.3 is 0 Å². The van der Waals surface area contributed by atoms with E-state index in [1.54, 1.807) is 30.0 Å². The molecule has 2 aromatic carbocycles. The minimum atomic E-state index is -0.605. The average molecular weight is 371 g/mol. The van der Waals surface area contributed by atoms with Gasteiger partial charge < -0.3 is 15.4 Å². The van der Waals surface area contributed by atoms with Crippen molar-refractivity contribution in [2.75, 3.05) is 17.7 Å². The van der Waals surface area contributed by atoms with E-state index >= 15 is 0 Å². The predicted octanol–water partition coefficient (Wildman–Crippen LogP) is 3.87. The number of nitrogens with zero attached hydrogens (tertiary/aromatic N) is 2. The molecular weight excluding hydrogens is 352 g/mol. The van der Waals surface area contributed by atoms with Crippen molar-refractivity contribution in [2.45, 2.75) is 6.04 Å². The van der Waals surface area contributed by atoms with Gasteiger partial charge in [-0.05, 0) is 23.8 Å². The first-order valence-corrected chi connectivity index (χ1v) is 8.40. The fourth-order valence-corrected chi connectivity index (χ4v) is 2.80. The zero-order valence-electron chi connectivity index (χ0n) is 14.4. The Morgan fingerprint density at radius 2 is 1.96 bits per heavy atom. The van der Waals surface area contributed by atoms with Gasteiger partial charge in [0.15, 0.2) is 0 Å². The lowest BCUT2D eigenvalue weighted by Crippen LogP contribution is -2.27. The van der Waals surface area contributed by atoms with E-state index in [-0.39, 0.29) is 5.91 Å². The molecule has 6 nitrogen and oxygen atoms in total. The van der Waals surface area contributed by atoms with E-state index in [0.29, 0.717) is 22.3 Å². The highest BCUT2D eigenvalue weighted by Gasteiger charge is 2.21. The monoisotopic (exact) mass is 370 g/mol. The second kappa shape index (κ2) is 7.93. The number of methoxy groups -OCH3 is 1. The van der Waals surface area contributed by atoms with Crippen LogP contribution in [0.5, 0.6) is 5.75 Å². The van der Waals surface area contributed by atoms with Crippen molar-refractivity contribution in [2.24, 2.45) is 7.05 Å². The smallest absolute Gasteiger partial charge is 0.251 e. The molecule has 1 heterocycles. The third-order valence-corrected chi connectivity index (χ3v) is 4.12. The highest BCUT2D eigenvalue weighted by atomic mass is 35.5. The molecule has 0 radical (unpaired) electrons. The quantitative estimate of drug-likeness (QED) is 0.691. The minimum absolute atomic E-state index is 0.219. The van der Waals surface area contributed by atoms with Crippen LogP contribution < -0.4 is 15.4 Å². The standard InChI is InChI=1S/C19H19ClN4O2/c1-24-11-10-17(23-24)22-18(13-6-4-3-5-7-13)19(25)21-14-8-9-16(26-2)15(20)12-14/h3-12,18H,1-2H3,(H,21,25)(H,22,23). The molecule has 0 aliphatic rings. The molecule has 1 aromatic heterocycles. The van der Waals surface area contributed by atoms with Crippen LogP contribution >= 0.6 is 11.6 Å². The molecule has 0 saturated carbocycles. The minimum Gasteiger partial charge on any atom is -0.495 e. The number of aromatic nitrogens is 2. The number of rotatable bonds is 6. The van der Waals surface area contributed by atoms with Gasteiger partial charge in [-0.15, -0.1) is 0 Å². The Morgan fingerprint density at radius 3 is 2.58 bits per heavy atom. The van der Waals surface area contributed by atoms with Crippen LogP contribution in [0, 0.1) is 0 Å². The molecule has 0 bridgehead atoms. The summed E-state index contributed by atoms with van der Waals surface area (Å²) < 4.78 is 6.81. The highest BCUT2D eigenvalue weighted by molar-refractivity contribution is 6.32. The van der Waals surface area contributed by atoms with Crippen molar-refractivity contribution >= 4 is 29.0 Å². The zero-order valence-corrected chi connectivity index (χ0v) is 15.2. The van der Waals surface area contributed by atoms with Crippen molar-refractivity contribution in [3.05, 3.63) is 71.4 Å². The van der Waals surface area contributed by atoms with Crippen molar-refractivity contribution in [1.82, 2.24) is 9.78 Å². The largest absolute Gasteiger partial charge is 0.495 e. The third kappa shape index (κ3) is 4.15. The van der Waals surface area contributed by atoms with Crippen LogP contribution in [0.15, 0.2) is 60.8 Å². The summed E-state index contributed by atoms with van der Waals surface area (Å²) in [5, 5.41) is 10.8. The summed E-state index contributed by atoms with van der Waals surface area (Å²) in [5.41, 5.74) is 1.42. The number of carbonyl (C=O) groups is 1. The zero-order chi connectivity index (χ0) is 18.5. The fraction of sp³-hybridized carbons (Fsp3) is 0.158. The number of anilines is 2. The number of hydrogen-bond donors (Lipinski definition) is 2. The van der Waals surface area contributed by atoms with Crippen molar-refractivity contribution in [1.29, 1.82) is 0 Å². The molecule has 0 spiro atoms. The summed E-state index contributed by atoms with van der Waals surface area (Å²) in [6.45, 7) is 0. The molecule has 3 aromatic rings. The summed E-state index contributed by atoms with van der Waals surface area (Å²) in [4.78, 5) is 12.9. The van der Waals surface area contributed by atoms with Crippen LogP contribution in [-0.2, 0) is 11.8 Å².